The molecule has 294 valence electrons. The van der Waals surface area contributed by atoms with Gasteiger partial charge in [0.1, 0.15) is 0 Å². The summed E-state index contributed by atoms with van der Waals surface area (Å²) in [6.07, 6.45) is 35.1. The van der Waals surface area contributed by atoms with E-state index in [1.54, 1.807) is 13.0 Å². The van der Waals surface area contributed by atoms with Gasteiger partial charge in [0.2, 0.25) is 0 Å². The molecule has 0 unspecified atom stereocenters. The van der Waals surface area contributed by atoms with Crippen molar-refractivity contribution in [3.8, 4) is 0 Å². The molecule has 0 saturated heterocycles. The van der Waals surface area contributed by atoms with Crippen molar-refractivity contribution in [2.75, 3.05) is 0 Å². The van der Waals surface area contributed by atoms with Crippen LogP contribution in [0.1, 0.15) is 192 Å². The minimum absolute atomic E-state index is 0.000989. The summed E-state index contributed by atoms with van der Waals surface area (Å²) in [6.45, 7) is 23.8. The summed E-state index contributed by atoms with van der Waals surface area (Å²) < 4.78 is 0. The maximum Gasteiger partial charge on any atom is 0.190 e. The van der Waals surface area contributed by atoms with E-state index in [0.29, 0.717) is 28.7 Å². The van der Waals surface area contributed by atoms with E-state index in [-0.39, 0.29) is 11.6 Å². The van der Waals surface area contributed by atoms with Crippen LogP contribution in [0.3, 0.4) is 0 Å². The van der Waals surface area contributed by atoms with E-state index in [1.165, 1.54) is 57.4 Å². The lowest BCUT2D eigenvalue weighted by atomic mass is 9.81. The van der Waals surface area contributed by atoms with Crippen molar-refractivity contribution in [3.63, 3.8) is 0 Å². The monoisotopic (exact) mass is 731 g/mol. The molecule has 54 heavy (non-hydrogen) atoms. The Bertz CT molecular complexity index is 1700. The molecule has 0 radical (unpaired) electrons. The lowest BCUT2D eigenvalue weighted by Gasteiger charge is -2.20. The van der Waals surface area contributed by atoms with Crippen LogP contribution in [-0.2, 0) is 0 Å². The molecule has 0 atom stereocenters. The van der Waals surface area contributed by atoms with Gasteiger partial charge in [-0.25, -0.2) is 0 Å². The smallest absolute Gasteiger partial charge is 0.190 e. The molecule has 0 fully saturated rings. The first kappa shape index (κ1) is 46.4. The predicted molar refractivity (Wildman–Crippen MR) is 238 cm³/mol. The lowest BCUT2D eigenvalue weighted by Crippen LogP contribution is -2.21. The van der Waals surface area contributed by atoms with Crippen molar-refractivity contribution in [1.82, 2.24) is 0 Å². The van der Waals surface area contributed by atoms with Crippen LogP contribution in [0.25, 0.3) is 0 Å². The highest BCUT2D eigenvalue weighted by Crippen LogP contribution is 2.30. The number of carbonyl (C=O) groups excluding carboxylic acids is 2. The summed E-state index contributed by atoms with van der Waals surface area (Å²) in [6, 6.07) is 5.55. The fraction of sp³-hybridized carbons (Fsp3) is 0.500. The van der Waals surface area contributed by atoms with Gasteiger partial charge >= 0.3 is 0 Å². The van der Waals surface area contributed by atoms with Crippen molar-refractivity contribution in [1.29, 1.82) is 0 Å². The van der Waals surface area contributed by atoms with Crippen LogP contribution >= 0.6 is 0 Å². The largest absolute Gasteiger partial charge is 0.289 e. The molecule has 0 aromatic heterocycles. The third-order valence-electron chi connectivity index (χ3n) is 10.7. The van der Waals surface area contributed by atoms with Gasteiger partial charge in [-0.1, -0.05) is 111 Å². The number of Topliss-reactive ketones (excluding diaryl/α,β-unsaturated/α-hetero) is 2. The molecule has 0 aliphatic heterocycles. The summed E-state index contributed by atoms with van der Waals surface area (Å²) in [7, 11) is 0. The van der Waals surface area contributed by atoms with E-state index in [4.69, 9.17) is 0 Å². The van der Waals surface area contributed by atoms with Gasteiger partial charge in [0.05, 0.1) is 0 Å². The average Bonchev–Trinajstić information content (AvgIpc) is 3.10. The van der Waals surface area contributed by atoms with Gasteiger partial charge in [-0.3, -0.25) is 9.59 Å². The van der Waals surface area contributed by atoms with Crippen LogP contribution in [0.4, 0.5) is 0 Å². The van der Waals surface area contributed by atoms with Crippen molar-refractivity contribution in [2.45, 2.75) is 172 Å². The van der Waals surface area contributed by atoms with E-state index in [9.17, 15) is 9.59 Å². The van der Waals surface area contributed by atoms with E-state index in [2.05, 4.69) is 111 Å². The zero-order valence-corrected chi connectivity index (χ0v) is 36.3. The minimum atomic E-state index is -0.00677. The first-order valence-corrected chi connectivity index (χ1v) is 20.8. The van der Waals surface area contributed by atoms with E-state index >= 15 is 0 Å². The zero-order valence-electron chi connectivity index (χ0n) is 36.3. The standard InChI is InChI=1S/C52H74O2/c1-38(2)20-12-21-39(3)22-13-23-40(4)24-14-25-41(5)26-15-27-42(6)28-16-29-43(7)30-17-31-44(8)32-18-33-45(9)36-37-48-47(11)51(53)50-46(10)34-19-35-49(50)52(48)54/h19-20,22,24,26,28,30,32,34-36H,12-18,21,23,25,27,29,31,33,37H2,1-11H3/b39-22+,40-24+,41-26+,42-28+,43-30+,44-32+,45-36+. The molecule has 0 spiro atoms. The van der Waals surface area contributed by atoms with E-state index in [1.807, 2.05) is 19.1 Å². The minimum Gasteiger partial charge on any atom is -0.289 e. The van der Waals surface area contributed by atoms with Gasteiger partial charge in [-0.2, -0.15) is 0 Å². The Morgan fingerprint density at radius 1 is 0.444 bits per heavy atom. The number of allylic oxidation sites excluding steroid dienone is 18. The van der Waals surface area contributed by atoms with Gasteiger partial charge in [-0.05, 0) is 178 Å². The SMILES string of the molecule is CC(C)=CCC/C(C)=C/CC/C(C)=C/CC/C(C)=C/CC/C(C)=C/CC/C(C)=C/CC/C(C)=C/CC/C(C)=C/CC1=C(C)C(=O)c2c(C)cccc2C1=O. The van der Waals surface area contributed by atoms with Gasteiger partial charge in [-0.15, -0.1) is 0 Å². The van der Waals surface area contributed by atoms with E-state index < -0.39 is 0 Å². The Morgan fingerprint density at radius 2 is 0.778 bits per heavy atom. The van der Waals surface area contributed by atoms with Crippen LogP contribution in [0.5, 0.6) is 0 Å². The fourth-order valence-electron chi connectivity index (χ4n) is 6.92. The maximum atomic E-state index is 13.2. The molecule has 1 aromatic carbocycles. The fourth-order valence-corrected chi connectivity index (χ4v) is 6.92. The number of benzene rings is 1. The summed E-state index contributed by atoms with van der Waals surface area (Å²) in [5.74, 6) is -0.00776. The van der Waals surface area contributed by atoms with Crippen molar-refractivity contribution in [2.24, 2.45) is 0 Å². The normalized spacial score (nSPS) is 15.4. The van der Waals surface area contributed by atoms with Crippen LogP contribution in [-0.4, -0.2) is 11.6 Å². The summed E-state index contributed by atoms with van der Waals surface area (Å²) in [4.78, 5) is 26.2. The van der Waals surface area contributed by atoms with E-state index in [0.717, 1.165) is 82.6 Å². The van der Waals surface area contributed by atoms with Crippen molar-refractivity contribution >= 4 is 11.6 Å². The highest BCUT2D eigenvalue weighted by molar-refractivity contribution is 6.27. The highest BCUT2D eigenvalue weighted by Gasteiger charge is 2.30. The first-order chi connectivity index (χ1) is 25.7. The molecule has 1 aromatic rings. The molecular formula is C52H74O2. The molecule has 0 N–H and O–H groups in total. The Balaban J connectivity index is 1.64. The molecule has 0 amide bonds. The predicted octanol–water partition coefficient (Wildman–Crippen LogP) is 16.1. The molecular weight excluding hydrogens is 657 g/mol. The van der Waals surface area contributed by atoms with Gasteiger partial charge in [0.25, 0.3) is 0 Å². The quantitative estimate of drug-likeness (QED) is 0.105. The number of rotatable bonds is 23. The van der Waals surface area contributed by atoms with Gasteiger partial charge < -0.3 is 0 Å². The molecule has 0 saturated carbocycles. The molecule has 0 heterocycles. The second-order valence-corrected chi connectivity index (χ2v) is 16.4. The number of hydrogen-bond acceptors (Lipinski definition) is 2. The van der Waals surface area contributed by atoms with Crippen LogP contribution in [0.2, 0.25) is 0 Å². The molecule has 2 nitrogen and oxygen atoms in total. The second-order valence-electron chi connectivity index (χ2n) is 16.4. The maximum absolute atomic E-state index is 13.2. The third kappa shape index (κ3) is 18.0. The molecule has 1 aliphatic carbocycles. The number of fused-ring (bicyclic) bond motifs is 1. The van der Waals surface area contributed by atoms with Gasteiger partial charge in [0.15, 0.2) is 11.6 Å². The van der Waals surface area contributed by atoms with Crippen LogP contribution in [0, 0.1) is 6.92 Å². The number of ketones is 2. The Kier molecular flexibility index (Phi) is 21.8. The first-order valence-electron chi connectivity index (χ1n) is 20.8. The number of carbonyl (C=O) groups is 2. The Labute approximate surface area is 331 Å². The second kappa shape index (κ2) is 25.3. The summed E-state index contributed by atoms with van der Waals surface area (Å²) in [5.41, 5.74) is 14.9. The Morgan fingerprint density at radius 3 is 1.13 bits per heavy atom. The molecule has 2 heteroatoms. The average molecular weight is 731 g/mol. The number of hydrogen-bond donors (Lipinski definition) is 0. The summed E-state index contributed by atoms with van der Waals surface area (Å²) >= 11 is 0. The van der Waals surface area contributed by atoms with Crippen molar-refractivity contribution in [3.05, 3.63) is 139 Å². The zero-order chi connectivity index (χ0) is 40.0. The van der Waals surface area contributed by atoms with Crippen molar-refractivity contribution < 1.29 is 9.59 Å². The Hall–Kier alpha value is -3.78. The highest BCUT2D eigenvalue weighted by atomic mass is 16.1. The molecule has 2 rings (SSSR count). The molecule has 1 aliphatic rings. The van der Waals surface area contributed by atoms with Gasteiger partial charge in [0, 0.05) is 22.3 Å². The van der Waals surface area contributed by atoms with Crippen LogP contribution < -0.4 is 0 Å². The third-order valence-corrected chi connectivity index (χ3v) is 10.7. The molecule has 0 bridgehead atoms. The lowest BCUT2D eigenvalue weighted by molar-refractivity contribution is 0.0972. The summed E-state index contributed by atoms with van der Waals surface area (Å²) in [5, 5.41) is 0. The topological polar surface area (TPSA) is 34.1 Å². The number of aryl methyl sites for hydroxylation is 1. The van der Waals surface area contributed by atoms with Crippen LogP contribution in [0.15, 0.2) is 123 Å².